The normalized spacial score (nSPS) is 15.6. The van der Waals surface area contributed by atoms with Gasteiger partial charge in [-0.05, 0) is 50.5 Å². The van der Waals surface area contributed by atoms with Gasteiger partial charge in [0.15, 0.2) is 0 Å². The number of ether oxygens (including phenoxy) is 1. The van der Waals surface area contributed by atoms with Crippen LogP contribution < -0.4 is 5.32 Å². The summed E-state index contributed by atoms with van der Waals surface area (Å²) < 4.78 is 9.73. The summed E-state index contributed by atoms with van der Waals surface area (Å²) in [5, 5.41) is 7.48. The average Bonchev–Trinajstić information content (AvgIpc) is 3.09. The lowest BCUT2D eigenvalue weighted by Crippen LogP contribution is -2.41. The Labute approximate surface area is 171 Å². The summed E-state index contributed by atoms with van der Waals surface area (Å²) in [7, 11) is 0. The first-order valence-corrected chi connectivity index (χ1v) is 10.4. The van der Waals surface area contributed by atoms with Crippen LogP contribution in [0.4, 0.5) is 0 Å². The molecule has 1 aromatic heterocycles. The molecule has 3 rings (SSSR count). The number of benzene rings is 1. The van der Waals surface area contributed by atoms with E-state index < -0.39 is 0 Å². The molecule has 7 nitrogen and oxygen atoms in total. The van der Waals surface area contributed by atoms with Crippen LogP contribution in [0.1, 0.15) is 26.2 Å². The molecule has 1 amide bonds. The quantitative estimate of drug-likeness (QED) is 0.515. The molecule has 0 bridgehead atoms. The number of hydrogen-bond donors (Lipinski definition) is 1. The first-order chi connectivity index (χ1) is 13.7. The van der Waals surface area contributed by atoms with Gasteiger partial charge in [-0.1, -0.05) is 18.2 Å². The number of nitrogens with zero attached hydrogens (tertiary/aromatic N) is 4. The summed E-state index contributed by atoms with van der Waals surface area (Å²) in [6.07, 6.45) is 4.36. The third-order valence-corrected chi connectivity index (χ3v) is 5.44. The number of nitrogens with one attached hydrogen (secondary N) is 1. The molecular weight excluding hydrogens is 374 g/mol. The number of carbonyl (C=O) groups is 1. The molecule has 1 fully saturated rings. The predicted molar refractivity (Wildman–Crippen MR) is 111 cm³/mol. The van der Waals surface area contributed by atoms with Crippen molar-refractivity contribution in [1.29, 1.82) is 0 Å². The Morgan fingerprint density at radius 2 is 2.04 bits per heavy atom. The van der Waals surface area contributed by atoms with Crippen molar-refractivity contribution in [3.63, 3.8) is 0 Å². The fourth-order valence-electron chi connectivity index (χ4n) is 3.40. The fourth-order valence-corrected chi connectivity index (χ4v) is 3.66. The highest BCUT2D eigenvalue weighted by Crippen LogP contribution is 2.18. The SMILES string of the molecule is CCOCCCNC(=O)C1CCN(Cn2ncn(-c3ccccc3)c2=S)CC1. The first-order valence-electron chi connectivity index (χ1n) is 9.96. The van der Waals surface area contributed by atoms with Crippen molar-refractivity contribution < 1.29 is 9.53 Å². The van der Waals surface area contributed by atoms with Gasteiger partial charge in [-0.3, -0.25) is 14.3 Å². The van der Waals surface area contributed by atoms with Crippen molar-refractivity contribution in [3.05, 3.63) is 41.4 Å². The van der Waals surface area contributed by atoms with Crippen LogP contribution in [-0.4, -0.2) is 58.0 Å². The van der Waals surface area contributed by atoms with Crippen LogP contribution in [0.25, 0.3) is 5.69 Å². The molecule has 0 saturated carbocycles. The van der Waals surface area contributed by atoms with Gasteiger partial charge in [-0.2, -0.15) is 5.10 Å². The van der Waals surface area contributed by atoms with E-state index in [0.717, 1.165) is 44.6 Å². The summed E-state index contributed by atoms with van der Waals surface area (Å²) in [5.74, 6) is 0.263. The molecule has 2 aromatic rings. The second kappa shape index (κ2) is 10.5. The van der Waals surface area contributed by atoms with Gasteiger partial charge in [0.05, 0.1) is 6.67 Å². The zero-order valence-corrected chi connectivity index (χ0v) is 17.2. The van der Waals surface area contributed by atoms with E-state index in [1.807, 2.05) is 46.5 Å². The van der Waals surface area contributed by atoms with Gasteiger partial charge in [0.25, 0.3) is 0 Å². The second-order valence-electron chi connectivity index (χ2n) is 6.99. The van der Waals surface area contributed by atoms with Crippen LogP contribution >= 0.6 is 12.2 Å². The number of rotatable bonds is 9. The number of carbonyl (C=O) groups excluding carboxylic acids is 1. The van der Waals surface area contributed by atoms with Crippen molar-refractivity contribution in [2.45, 2.75) is 32.9 Å². The molecule has 0 aliphatic carbocycles. The molecule has 8 heteroatoms. The number of hydrogen-bond acceptors (Lipinski definition) is 5. The Bertz CT molecular complexity index is 796. The largest absolute Gasteiger partial charge is 0.382 e. The molecule has 152 valence electrons. The topological polar surface area (TPSA) is 64.3 Å². The maximum atomic E-state index is 12.3. The Hall–Kier alpha value is -2.03. The molecule has 1 saturated heterocycles. The molecule has 1 aliphatic heterocycles. The summed E-state index contributed by atoms with van der Waals surface area (Å²) in [4.78, 5) is 14.6. The van der Waals surface area contributed by atoms with Gasteiger partial charge in [0, 0.05) is 44.5 Å². The van der Waals surface area contributed by atoms with Crippen LogP contribution in [0.5, 0.6) is 0 Å². The average molecular weight is 404 g/mol. The van der Waals surface area contributed by atoms with Crippen molar-refractivity contribution in [1.82, 2.24) is 24.6 Å². The number of piperidine rings is 1. The van der Waals surface area contributed by atoms with E-state index >= 15 is 0 Å². The Kier molecular flexibility index (Phi) is 7.76. The molecule has 0 spiro atoms. The first kappa shape index (κ1) is 20.7. The standard InChI is InChI=1S/C20H29N5O2S/c1-2-27-14-6-11-21-19(26)17-9-12-23(13-10-17)16-25-20(28)24(15-22-25)18-7-4-3-5-8-18/h3-5,7-8,15,17H,2,6,9-14,16H2,1H3,(H,21,26). The maximum absolute atomic E-state index is 12.3. The third-order valence-electron chi connectivity index (χ3n) is 5.03. The van der Waals surface area contributed by atoms with Crippen molar-refractivity contribution in [3.8, 4) is 5.69 Å². The van der Waals surface area contributed by atoms with E-state index in [-0.39, 0.29) is 11.8 Å². The predicted octanol–water partition coefficient (Wildman–Crippen LogP) is 2.62. The molecule has 2 heterocycles. The second-order valence-corrected chi connectivity index (χ2v) is 7.36. The van der Waals surface area contributed by atoms with Gasteiger partial charge < -0.3 is 10.1 Å². The maximum Gasteiger partial charge on any atom is 0.223 e. The van der Waals surface area contributed by atoms with Crippen molar-refractivity contribution in [2.24, 2.45) is 5.92 Å². The van der Waals surface area contributed by atoms with E-state index in [4.69, 9.17) is 17.0 Å². The Morgan fingerprint density at radius 3 is 2.75 bits per heavy atom. The molecule has 1 aromatic carbocycles. The molecular formula is C20H29N5O2S. The minimum Gasteiger partial charge on any atom is -0.382 e. The van der Waals surface area contributed by atoms with E-state index in [9.17, 15) is 4.79 Å². The molecule has 1 N–H and O–H groups in total. The Morgan fingerprint density at radius 1 is 1.29 bits per heavy atom. The number of aromatic nitrogens is 3. The number of amides is 1. The zero-order valence-electron chi connectivity index (χ0n) is 16.4. The minimum atomic E-state index is 0.0955. The highest BCUT2D eigenvalue weighted by atomic mass is 32.1. The van der Waals surface area contributed by atoms with E-state index in [1.54, 1.807) is 6.33 Å². The molecule has 0 radical (unpaired) electrons. The van der Waals surface area contributed by atoms with E-state index in [0.29, 0.717) is 24.6 Å². The third kappa shape index (κ3) is 5.50. The lowest BCUT2D eigenvalue weighted by atomic mass is 9.96. The van der Waals surface area contributed by atoms with Gasteiger partial charge in [-0.15, -0.1) is 0 Å². The van der Waals surface area contributed by atoms with E-state index in [1.165, 1.54) is 0 Å². The fraction of sp³-hybridized carbons (Fsp3) is 0.550. The Balaban J connectivity index is 1.45. The number of likely N-dealkylation sites (tertiary alicyclic amines) is 1. The summed E-state index contributed by atoms with van der Waals surface area (Å²) >= 11 is 5.58. The summed E-state index contributed by atoms with van der Waals surface area (Å²) in [6, 6.07) is 9.99. The summed E-state index contributed by atoms with van der Waals surface area (Å²) in [5.41, 5.74) is 1.01. The lowest BCUT2D eigenvalue weighted by molar-refractivity contribution is -0.126. The van der Waals surface area contributed by atoms with E-state index in [2.05, 4.69) is 15.3 Å². The smallest absolute Gasteiger partial charge is 0.223 e. The van der Waals surface area contributed by atoms with Crippen molar-refractivity contribution >= 4 is 18.1 Å². The zero-order chi connectivity index (χ0) is 19.8. The molecule has 0 atom stereocenters. The number of para-hydroxylation sites is 1. The van der Waals surface area contributed by atoms with Crippen LogP contribution in [0, 0.1) is 10.7 Å². The van der Waals surface area contributed by atoms with Gasteiger partial charge in [-0.25, -0.2) is 4.68 Å². The summed E-state index contributed by atoms with van der Waals surface area (Å²) in [6.45, 7) is 6.48. The molecule has 0 unspecified atom stereocenters. The highest BCUT2D eigenvalue weighted by molar-refractivity contribution is 7.71. The van der Waals surface area contributed by atoms with Gasteiger partial charge >= 0.3 is 0 Å². The van der Waals surface area contributed by atoms with Gasteiger partial charge in [0.1, 0.15) is 6.33 Å². The highest BCUT2D eigenvalue weighted by Gasteiger charge is 2.25. The molecule has 28 heavy (non-hydrogen) atoms. The molecule has 1 aliphatic rings. The monoisotopic (exact) mass is 403 g/mol. The van der Waals surface area contributed by atoms with Crippen molar-refractivity contribution in [2.75, 3.05) is 32.8 Å². The van der Waals surface area contributed by atoms with Crippen LogP contribution in [0.15, 0.2) is 36.7 Å². The minimum absolute atomic E-state index is 0.0955. The van der Waals surface area contributed by atoms with Gasteiger partial charge in [0.2, 0.25) is 10.7 Å². The van der Waals surface area contributed by atoms with Crippen LogP contribution in [0.3, 0.4) is 0 Å². The van der Waals surface area contributed by atoms with Crippen LogP contribution in [0.2, 0.25) is 0 Å². The van der Waals surface area contributed by atoms with Crippen LogP contribution in [-0.2, 0) is 16.2 Å². The lowest BCUT2D eigenvalue weighted by Gasteiger charge is -2.30.